The third kappa shape index (κ3) is 5.34. The van der Waals surface area contributed by atoms with Gasteiger partial charge in [0.05, 0.1) is 0 Å². The number of benzene rings is 2. The van der Waals surface area contributed by atoms with Crippen LogP contribution in [0.1, 0.15) is 11.1 Å². The third-order valence-electron chi connectivity index (χ3n) is 4.50. The Balaban J connectivity index is 1.36. The summed E-state index contributed by atoms with van der Waals surface area (Å²) < 4.78 is 0. The van der Waals surface area contributed by atoms with E-state index in [2.05, 4.69) is 82.6 Å². The molecule has 1 saturated heterocycles. The maximum absolute atomic E-state index is 2.59. The van der Waals surface area contributed by atoms with Crippen LogP contribution in [0.2, 0.25) is 0 Å². The highest BCUT2D eigenvalue weighted by Gasteiger charge is 2.15. The molecule has 2 aromatic rings. The molecule has 0 atom stereocenters. The topological polar surface area (TPSA) is 6.48 Å². The van der Waals surface area contributed by atoms with Crippen molar-refractivity contribution in [1.82, 2.24) is 9.80 Å². The van der Waals surface area contributed by atoms with Crippen molar-refractivity contribution in [1.29, 1.82) is 0 Å². The number of hydrogen-bond acceptors (Lipinski definition) is 2. The minimum absolute atomic E-state index is 1.06. The molecule has 0 saturated carbocycles. The maximum atomic E-state index is 2.59. The molecule has 3 rings (SSSR count). The van der Waals surface area contributed by atoms with Gasteiger partial charge in [0.1, 0.15) is 0 Å². The number of nitrogens with zero attached hydrogens (tertiary/aromatic N) is 2. The van der Waals surface area contributed by atoms with E-state index in [1.807, 2.05) is 0 Å². The highest BCUT2D eigenvalue weighted by molar-refractivity contribution is 5.48. The van der Waals surface area contributed by atoms with Gasteiger partial charge in [-0.15, -0.1) is 0 Å². The first-order valence-corrected chi connectivity index (χ1v) is 8.60. The van der Waals surface area contributed by atoms with Crippen LogP contribution in [0.4, 0.5) is 0 Å². The smallest absolute Gasteiger partial charge is 0.0167 e. The molecule has 1 heterocycles. The lowest BCUT2D eigenvalue weighted by Crippen LogP contribution is -2.46. The molecule has 1 fully saturated rings. The summed E-state index contributed by atoms with van der Waals surface area (Å²) in [5.41, 5.74) is 2.73. The van der Waals surface area contributed by atoms with Gasteiger partial charge in [0.2, 0.25) is 0 Å². The van der Waals surface area contributed by atoms with Crippen molar-refractivity contribution < 1.29 is 0 Å². The minimum atomic E-state index is 1.06. The molecule has 2 nitrogen and oxygen atoms in total. The zero-order chi connectivity index (χ0) is 15.7. The standard InChI is InChI=1S/C21H26N2/c1-3-8-20(9-4-1)12-7-14-22-16-18-23(19-17-22)15-13-21-10-5-2-6-11-21/h1-12H,13-19H2/b12-7+. The molecule has 0 spiro atoms. The van der Waals surface area contributed by atoms with E-state index < -0.39 is 0 Å². The second-order valence-electron chi connectivity index (χ2n) is 6.19. The van der Waals surface area contributed by atoms with Crippen LogP contribution < -0.4 is 0 Å². The lowest BCUT2D eigenvalue weighted by molar-refractivity contribution is 0.144. The Bertz CT molecular complexity index is 584. The number of rotatable bonds is 6. The molecular formula is C21H26N2. The second-order valence-corrected chi connectivity index (χ2v) is 6.19. The van der Waals surface area contributed by atoms with Crippen LogP contribution in [-0.4, -0.2) is 49.1 Å². The maximum Gasteiger partial charge on any atom is 0.0167 e. The lowest BCUT2D eigenvalue weighted by atomic mass is 10.1. The van der Waals surface area contributed by atoms with E-state index in [1.165, 1.54) is 43.9 Å². The summed E-state index contributed by atoms with van der Waals surface area (Å²) in [6, 6.07) is 21.3. The van der Waals surface area contributed by atoms with Gasteiger partial charge in [-0.25, -0.2) is 0 Å². The molecular weight excluding hydrogens is 280 g/mol. The fourth-order valence-corrected chi connectivity index (χ4v) is 3.03. The molecule has 1 aliphatic rings. The largest absolute Gasteiger partial charge is 0.300 e. The highest BCUT2D eigenvalue weighted by atomic mass is 15.3. The summed E-state index contributed by atoms with van der Waals surface area (Å²) in [7, 11) is 0. The van der Waals surface area contributed by atoms with Gasteiger partial charge in [-0.2, -0.15) is 0 Å². The molecule has 0 amide bonds. The monoisotopic (exact) mass is 306 g/mol. The van der Waals surface area contributed by atoms with Crippen LogP contribution in [0, 0.1) is 0 Å². The summed E-state index contributed by atoms with van der Waals surface area (Å²) in [4.78, 5) is 5.13. The zero-order valence-corrected chi connectivity index (χ0v) is 13.8. The van der Waals surface area contributed by atoms with Gasteiger partial charge in [-0.3, -0.25) is 4.90 Å². The average molecular weight is 306 g/mol. The fraction of sp³-hybridized carbons (Fsp3) is 0.333. The predicted octanol–water partition coefficient (Wildman–Crippen LogP) is 3.56. The van der Waals surface area contributed by atoms with Gasteiger partial charge in [0.25, 0.3) is 0 Å². The summed E-state index contributed by atoms with van der Waals surface area (Å²) in [5.74, 6) is 0. The molecule has 0 aliphatic carbocycles. The quantitative estimate of drug-likeness (QED) is 0.805. The Morgan fingerprint density at radius 2 is 1.35 bits per heavy atom. The first kappa shape index (κ1) is 16.0. The van der Waals surface area contributed by atoms with Crippen molar-refractivity contribution in [3.05, 3.63) is 77.9 Å². The first-order chi connectivity index (χ1) is 11.4. The van der Waals surface area contributed by atoms with E-state index in [0.29, 0.717) is 0 Å². The van der Waals surface area contributed by atoms with Crippen LogP contribution in [0.25, 0.3) is 6.08 Å². The van der Waals surface area contributed by atoms with Crippen molar-refractivity contribution >= 4 is 6.08 Å². The zero-order valence-electron chi connectivity index (χ0n) is 13.8. The number of hydrogen-bond donors (Lipinski definition) is 0. The Kier molecular flexibility index (Phi) is 6.01. The highest BCUT2D eigenvalue weighted by Crippen LogP contribution is 2.06. The summed E-state index contributed by atoms with van der Waals surface area (Å²) >= 11 is 0. The molecule has 2 aromatic carbocycles. The van der Waals surface area contributed by atoms with Crippen molar-refractivity contribution in [2.45, 2.75) is 6.42 Å². The molecule has 0 bridgehead atoms. The predicted molar refractivity (Wildman–Crippen MR) is 98.5 cm³/mol. The van der Waals surface area contributed by atoms with Crippen molar-refractivity contribution in [2.75, 3.05) is 39.3 Å². The summed E-state index contributed by atoms with van der Waals surface area (Å²) in [5, 5.41) is 0. The van der Waals surface area contributed by atoms with E-state index >= 15 is 0 Å². The Labute approximate surface area is 140 Å². The molecule has 1 aliphatic heterocycles. The lowest BCUT2D eigenvalue weighted by Gasteiger charge is -2.34. The van der Waals surface area contributed by atoms with Crippen LogP contribution in [0.3, 0.4) is 0 Å². The second kappa shape index (κ2) is 8.66. The Morgan fingerprint density at radius 1 is 0.739 bits per heavy atom. The van der Waals surface area contributed by atoms with Gasteiger partial charge < -0.3 is 4.90 Å². The van der Waals surface area contributed by atoms with Crippen molar-refractivity contribution in [3.63, 3.8) is 0 Å². The van der Waals surface area contributed by atoms with Crippen LogP contribution in [0.15, 0.2) is 66.7 Å². The SMILES string of the molecule is C(=C\c1ccccc1)/CN1CCN(CCc2ccccc2)CC1. The van der Waals surface area contributed by atoms with E-state index in [1.54, 1.807) is 0 Å². The van der Waals surface area contributed by atoms with Crippen molar-refractivity contribution in [3.8, 4) is 0 Å². The molecule has 23 heavy (non-hydrogen) atoms. The van der Waals surface area contributed by atoms with Crippen LogP contribution in [0.5, 0.6) is 0 Å². The van der Waals surface area contributed by atoms with Crippen molar-refractivity contribution in [2.24, 2.45) is 0 Å². The molecule has 0 radical (unpaired) electrons. The van der Waals surface area contributed by atoms with E-state index in [0.717, 1.165) is 13.0 Å². The van der Waals surface area contributed by atoms with Gasteiger partial charge in [-0.1, -0.05) is 72.8 Å². The van der Waals surface area contributed by atoms with Gasteiger partial charge in [-0.05, 0) is 17.5 Å². The molecule has 120 valence electrons. The van der Waals surface area contributed by atoms with E-state index in [4.69, 9.17) is 0 Å². The van der Waals surface area contributed by atoms with Gasteiger partial charge in [0, 0.05) is 39.3 Å². The summed E-state index contributed by atoms with van der Waals surface area (Å²) in [6.07, 6.45) is 5.67. The number of piperazine rings is 1. The molecule has 0 N–H and O–H groups in total. The normalized spacial score (nSPS) is 16.9. The Hall–Kier alpha value is -1.90. The minimum Gasteiger partial charge on any atom is -0.300 e. The Morgan fingerprint density at radius 3 is 2.04 bits per heavy atom. The summed E-state index contributed by atoms with van der Waals surface area (Å²) in [6.45, 7) is 6.96. The van der Waals surface area contributed by atoms with Gasteiger partial charge >= 0.3 is 0 Å². The fourth-order valence-electron chi connectivity index (χ4n) is 3.03. The van der Waals surface area contributed by atoms with Gasteiger partial charge in [0.15, 0.2) is 0 Å². The van der Waals surface area contributed by atoms with E-state index in [-0.39, 0.29) is 0 Å². The molecule has 0 aromatic heterocycles. The average Bonchev–Trinajstić information content (AvgIpc) is 2.63. The van der Waals surface area contributed by atoms with Crippen LogP contribution >= 0.6 is 0 Å². The third-order valence-corrected chi connectivity index (χ3v) is 4.50. The first-order valence-electron chi connectivity index (χ1n) is 8.60. The van der Waals surface area contributed by atoms with Crippen LogP contribution in [-0.2, 0) is 6.42 Å². The molecule has 0 unspecified atom stereocenters. The molecule has 2 heteroatoms. The van der Waals surface area contributed by atoms with E-state index in [9.17, 15) is 0 Å².